The number of likely N-dealkylation sites (tertiary alicyclic amines) is 1. The molecule has 8 nitrogen and oxygen atoms in total. The Balaban J connectivity index is 1.97. The first-order valence-corrected chi connectivity index (χ1v) is 10.3. The lowest BCUT2D eigenvalue weighted by Crippen LogP contribution is -2.35. The van der Waals surface area contributed by atoms with E-state index in [0.29, 0.717) is 16.4 Å². The minimum atomic E-state index is -0.873. The molecule has 4 N–H and O–H groups in total. The first kappa shape index (κ1) is 19.9. The number of hydrogen-bond acceptors (Lipinski definition) is 6. The molecule has 1 aliphatic rings. The summed E-state index contributed by atoms with van der Waals surface area (Å²) in [6.07, 6.45) is 4.93. The average molecular weight is 401 g/mol. The van der Waals surface area contributed by atoms with Gasteiger partial charge in [-0.25, -0.2) is 4.98 Å². The van der Waals surface area contributed by atoms with E-state index < -0.39 is 11.5 Å². The predicted octanol–water partition coefficient (Wildman–Crippen LogP) is 2.27. The minimum absolute atomic E-state index is 0.0263. The van der Waals surface area contributed by atoms with Gasteiger partial charge in [-0.2, -0.15) is 0 Å². The van der Waals surface area contributed by atoms with Crippen molar-refractivity contribution in [2.75, 3.05) is 24.7 Å². The molecule has 9 heteroatoms. The van der Waals surface area contributed by atoms with Gasteiger partial charge in [-0.1, -0.05) is 17.8 Å². The SMILES string of the molecule is CSc1nc(Nc2cc(C(=O)N3CCCCC3)ccc2C)c(C(N)=O)c(=O)[nH]1. The van der Waals surface area contributed by atoms with Crippen LogP contribution in [0, 0.1) is 6.92 Å². The van der Waals surface area contributed by atoms with Crippen LogP contribution in [0.5, 0.6) is 0 Å². The van der Waals surface area contributed by atoms with Crippen molar-refractivity contribution in [2.24, 2.45) is 5.73 Å². The fourth-order valence-corrected chi connectivity index (χ4v) is 3.54. The Morgan fingerprint density at radius 2 is 1.96 bits per heavy atom. The molecular weight excluding hydrogens is 378 g/mol. The van der Waals surface area contributed by atoms with Crippen molar-refractivity contribution < 1.29 is 9.59 Å². The van der Waals surface area contributed by atoms with Crippen LogP contribution in [0.2, 0.25) is 0 Å². The molecule has 2 amide bonds. The maximum absolute atomic E-state index is 12.8. The van der Waals surface area contributed by atoms with Gasteiger partial charge >= 0.3 is 0 Å². The lowest BCUT2D eigenvalue weighted by molar-refractivity contribution is 0.0724. The topological polar surface area (TPSA) is 121 Å². The molecule has 28 heavy (non-hydrogen) atoms. The molecule has 0 spiro atoms. The van der Waals surface area contributed by atoms with E-state index in [4.69, 9.17) is 5.73 Å². The summed E-state index contributed by atoms with van der Waals surface area (Å²) in [5.41, 5.74) is 6.50. The number of carbonyl (C=O) groups excluding carboxylic acids is 2. The molecule has 0 unspecified atom stereocenters. The maximum atomic E-state index is 12.8. The summed E-state index contributed by atoms with van der Waals surface area (Å²) in [5.74, 6) is -0.824. The summed E-state index contributed by atoms with van der Waals surface area (Å²) >= 11 is 1.24. The van der Waals surface area contributed by atoms with Gasteiger partial charge in [0.05, 0.1) is 0 Å². The Kier molecular flexibility index (Phi) is 6.03. The van der Waals surface area contributed by atoms with Crippen LogP contribution in [0.25, 0.3) is 0 Å². The van der Waals surface area contributed by atoms with Gasteiger partial charge < -0.3 is 20.9 Å². The zero-order chi connectivity index (χ0) is 20.3. The van der Waals surface area contributed by atoms with Crippen LogP contribution < -0.4 is 16.6 Å². The normalized spacial score (nSPS) is 14.0. The quantitative estimate of drug-likeness (QED) is 0.522. The summed E-state index contributed by atoms with van der Waals surface area (Å²) < 4.78 is 0. The van der Waals surface area contributed by atoms with E-state index >= 15 is 0 Å². The van der Waals surface area contributed by atoms with Crippen molar-refractivity contribution in [3.63, 3.8) is 0 Å². The number of primary amides is 1. The third-order valence-electron chi connectivity index (χ3n) is 4.72. The number of hydrogen-bond donors (Lipinski definition) is 3. The van der Waals surface area contributed by atoms with Gasteiger partial charge in [-0.05, 0) is 50.1 Å². The molecule has 0 bridgehead atoms. The van der Waals surface area contributed by atoms with Crippen molar-refractivity contribution in [3.8, 4) is 0 Å². The number of aromatic nitrogens is 2. The molecule has 0 saturated carbocycles. The highest BCUT2D eigenvalue weighted by atomic mass is 32.2. The van der Waals surface area contributed by atoms with Crippen molar-refractivity contribution in [1.82, 2.24) is 14.9 Å². The average Bonchev–Trinajstić information content (AvgIpc) is 2.69. The van der Waals surface area contributed by atoms with Gasteiger partial charge in [0.2, 0.25) is 0 Å². The Morgan fingerprint density at radius 3 is 2.61 bits per heavy atom. The highest BCUT2D eigenvalue weighted by molar-refractivity contribution is 7.98. The number of amides is 2. The zero-order valence-electron chi connectivity index (χ0n) is 15.9. The summed E-state index contributed by atoms with van der Waals surface area (Å²) in [6.45, 7) is 3.38. The summed E-state index contributed by atoms with van der Waals surface area (Å²) in [6, 6.07) is 5.33. The molecule has 2 aromatic rings. The Bertz CT molecular complexity index is 967. The first-order valence-electron chi connectivity index (χ1n) is 9.05. The van der Waals surface area contributed by atoms with Crippen LogP contribution in [0.15, 0.2) is 28.2 Å². The fourth-order valence-electron chi connectivity index (χ4n) is 3.17. The summed E-state index contributed by atoms with van der Waals surface area (Å²) in [7, 11) is 0. The zero-order valence-corrected chi connectivity index (χ0v) is 16.7. The molecule has 0 aliphatic carbocycles. The molecule has 1 fully saturated rings. The minimum Gasteiger partial charge on any atom is -0.365 e. The summed E-state index contributed by atoms with van der Waals surface area (Å²) in [4.78, 5) is 45.4. The lowest BCUT2D eigenvalue weighted by Gasteiger charge is -2.27. The second-order valence-electron chi connectivity index (χ2n) is 6.67. The number of thioether (sulfide) groups is 1. The third-order valence-corrected chi connectivity index (χ3v) is 5.30. The number of H-pyrrole nitrogens is 1. The van der Waals surface area contributed by atoms with E-state index in [0.717, 1.165) is 37.9 Å². The van der Waals surface area contributed by atoms with Gasteiger partial charge in [0.15, 0.2) is 11.0 Å². The number of benzene rings is 1. The van der Waals surface area contributed by atoms with E-state index in [9.17, 15) is 14.4 Å². The van der Waals surface area contributed by atoms with Gasteiger partial charge in [0.1, 0.15) is 5.56 Å². The van der Waals surface area contributed by atoms with E-state index in [1.54, 1.807) is 18.4 Å². The largest absolute Gasteiger partial charge is 0.365 e. The molecule has 1 saturated heterocycles. The van der Waals surface area contributed by atoms with Crippen LogP contribution in [-0.2, 0) is 0 Å². The van der Waals surface area contributed by atoms with Crippen molar-refractivity contribution in [1.29, 1.82) is 0 Å². The molecule has 0 radical (unpaired) electrons. The Morgan fingerprint density at radius 1 is 1.25 bits per heavy atom. The summed E-state index contributed by atoms with van der Waals surface area (Å²) in [5, 5.41) is 3.38. The van der Waals surface area contributed by atoms with E-state index in [1.165, 1.54) is 11.8 Å². The van der Waals surface area contributed by atoms with E-state index in [1.807, 2.05) is 17.9 Å². The van der Waals surface area contributed by atoms with Gasteiger partial charge in [0.25, 0.3) is 17.4 Å². The second-order valence-corrected chi connectivity index (χ2v) is 7.47. The number of anilines is 2. The maximum Gasteiger partial charge on any atom is 0.266 e. The number of nitrogens with one attached hydrogen (secondary N) is 2. The second kappa shape index (κ2) is 8.47. The van der Waals surface area contributed by atoms with E-state index in [-0.39, 0.29) is 17.3 Å². The highest BCUT2D eigenvalue weighted by Crippen LogP contribution is 2.24. The number of nitrogens with zero attached hydrogens (tertiary/aromatic N) is 2. The van der Waals surface area contributed by atoms with Crippen LogP contribution in [0.1, 0.15) is 45.5 Å². The lowest BCUT2D eigenvalue weighted by atomic mass is 10.1. The molecule has 148 valence electrons. The molecule has 2 heterocycles. The van der Waals surface area contributed by atoms with Gasteiger partial charge in [-0.15, -0.1) is 0 Å². The third kappa shape index (κ3) is 4.19. The Labute approximate surface area is 166 Å². The van der Waals surface area contributed by atoms with Crippen LogP contribution in [0.4, 0.5) is 11.5 Å². The van der Waals surface area contributed by atoms with Crippen molar-refractivity contribution >= 4 is 35.1 Å². The van der Waals surface area contributed by atoms with Crippen LogP contribution >= 0.6 is 11.8 Å². The molecule has 1 aromatic carbocycles. The number of aromatic amines is 1. The Hall–Kier alpha value is -2.81. The van der Waals surface area contributed by atoms with Crippen molar-refractivity contribution in [2.45, 2.75) is 31.3 Å². The van der Waals surface area contributed by atoms with E-state index in [2.05, 4.69) is 15.3 Å². The molecule has 0 atom stereocenters. The molecule has 3 rings (SSSR count). The monoisotopic (exact) mass is 401 g/mol. The number of aryl methyl sites for hydroxylation is 1. The van der Waals surface area contributed by atoms with Crippen molar-refractivity contribution in [3.05, 3.63) is 45.2 Å². The molecular formula is C19H23N5O3S. The number of piperidine rings is 1. The van der Waals surface area contributed by atoms with Crippen LogP contribution in [0.3, 0.4) is 0 Å². The fraction of sp³-hybridized carbons (Fsp3) is 0.368. The first-order chi connectivity index (χ1) is 13.4. The smallest absolute Gasteiger partial charge is 0.266 e. The molecule has 1 aromatic heterocycles. The van der Waals surface area contributed by atoms with Gasteiger partial charge in [-0.3, -0.25) is 14.4 Å². The highest BCUT2D eigenvalue weighted by Gasteiger charge is 2.20. The number of nitrogens with two attached hydrogens (primary N) is 1. The predicted molar refractivity (Wildman–Crippen MR) is 109 cm³/mol. The number of carbonyl (C=O) groups is 2. The van der Waals surface area contributed by atoms with Crippen LogP contribution in [-0.4, -0.2) is 46.0 Å². The van der Waals surface area contributed by atoms with Gasteiger partial charge in [0, 0.05) is 24.3 Å². The molecule has 1 aliphatic heterocycles. The standard InChI is InChI=1S/C19H23N5O3S/c1-11-6-7-12(18(27)24-8-4-3-5-9-24)10-13(11)21-16-14(15(20)25)17(26)23-19(22-16)28-2/h6-7,10H,3-5,8-9H2,1-2H3,(H2,20,25)(H2,21,22,23,26). The number of rotatable bonds is 5.